The molecule has 0 saturated heterocycles. The summed E-state index contributed by atoms with van der Waals surface area (Å²) in [5.41, 5.74) is 9.55. The summed E-state index contributed by atoms with van der Waals surface area (Å²) >= 11 is 0. The maximum atomic E-state index is 12.4. The summed E-state index contributed by atoms with van der Waals surface area (Å²) in [5.74, 6) is 5.27. The Morgan fingerprint density at radius 1 is 1.10 bits per heavy atom. The van der Waals surface area contributed by atoms with Gasteiger partial charge < -0.3 is 21.5 Å². The van der Waals surface area contributed by atoms with Gasteiger partial charge in [-0.15, -0.1) is 0 Å². The van der Waals surface area contributed by atoms with E-state index in [2.05, 4.69) is 22.5 Å². The summed E-state index contributed by atoms with van der Waals surface area (Å²) in [6.07, 6.45) is 0.320. The van der Waals surface area contributed by atoms with Crippen molar-refractivity contribution in [1.82, 2.24) is 10.6 Å². The molecule has 0 aliphatic rings. The molecule has 0 aliphatic carbocycles. The highest BCUT2D eigenvalue weighted by molar-refractivity contribution is 5.89. The van der Waals surface area contributed by atoms with Gasteiger partial charge in [0.1, 0.15) is 11.8 Å². The molecule has 0 heterocycles. The summed E-state index contributed by atoms with van der Waals surface area (Å²) in [7, 11) is 0. The Hall–Kier alpha value is -3.30. The zero-order valence-corrected chi connectivity index (χ0v) is 17.0. The van der Waals surface area contributed by atoms with Gasteiger partial charge in [-0.25, -0.2) is 0 Å². The molecule has 29 heavy (non-hydrogen) atoms. The summed E-state index contributed by atoms with van der Waals surface area (Å²) in [6.45, 7) is 5.51. The van der Waals surface area contributed by atoms with Crippen LogP contribution in [0.15, 0.2) is 42.5 Å². The zero-order chi connectivity index (χ0) is 21.4. The van der Waals surface area contributed by atoms with Crippen LogP contribution in [0.1, 0.15) is 29.2 Å². The molecule has 0 saturated carbocycles. The van der Waals surface area contributed by atoms with E-state index in [1.54, 1.807) is 19.1 Å². The Morgan fingerprint density at radius 2 is 1.72 bits per heavy atom. The number of aromatic hydroxyl groups is 1. The average molecular weight is 393 g/mol. The lowest BCUT2D eigenvalue weighted by Crippen LogP contribution is -2.51. The highest BCUT2D eigenvalue weighted by Gasteiger charge is 2.21. The molecule has 2 atom stereocenters. The molecule has 2 amide bonds. The lowest BCUT2D eigenvalue weighted by atomic mass is 9.96. The molecule has 2 aromatic carbocycles. The Morgan fingerprint density at radius 3 is 2.34 bits per heavy atom. The monoisotopic (exact) mass is 393 g/mol. The number of rotatable bonds is 6. The van der Waals surface area contributed by atoms with Gasteiger partial charge in [-0.2, -0.15) is 0 Å². The second-order valence-corrected chi connectivity index (χ2v) is 6.98. The first kappa shape index (κ1) is 22.0. The minimum Gasteiger partial charge on any atom is -0.508 e. The largest absolute Gasteiger partial charge is 0.508 e. The van der Waals surface area contributed by atoms with Crippen molar-refractivity contribution in [2.24, 2.45) is 5.73 Å². The molecule has 0 bridgehead atoms. The summed E-state index contributed by atoms with van der Waals surface area (Å²) < 4.78 is 0. The Balaban J connectivity index is 1.84. The summed E-state index contributed by atoms with van der Waals surface area (Å²) in [5, 5.41) is 14.9. The average Bonchev–Trinajstić information content (AvgIpc) is 2.68. The first-order valence-corrected chi connectivity index (χ1v) is 9.44. The van der Waals surface area contributed by atoms with Crippen molar-refractivity contribution in [1.29, 1.82) is 0 Å². The van der Waals surface area contributed by atoms with Gasteiger partial charge in [0.25, 0.3) is 0 Å². The number of phenols is 1. The van der Waals surface area contributed by atoms with Gasteiger partial charge in [-0.05, 0) is 68.1 Å². The van der Waals surface area contributed by atoms with Gasteiger partial charge in [-0.3, -0.25) is 9.59 Å². The van der Waals surface area contributed by atoms with E-state index < -0.39 is 18.0 Å². The zero-order valence-electron chi connectivity index (χ0n) is 17.0. The van der Waals surface area contributed by atoms with E-state index in [4.69, 9.17) is 5.73 Å². The lowest BCUT2D eigenvalue weighted by Gasteiger charge is -2.19. The van der Waals surface area contributed by atoms with E-state index in [1.807, 2.05) is 44.2 Å². The Kier molecular flexibility index (Phi) is 7.81. The van der Waals surface area contributed by atoms with Crippen molar-refractivity contribution in [2.45, 2.75) is 39.3 Å². The minimum absolute atomic E-state index is 0.183. The number of hydrogen-bond acceptors (Lipinski definition) is 4. The van der Waals surface area contributed by atoms with Crippen LogP contribution in [0.25, 0.3) is 0 Å². The molecular formula is C23H27N3O3. The quantitative estimate of drug-likeness (QED) is 0.559. The first-order valence-electron chi connectivity index (χ1n) is 9.44. The van der Waals surface area contributed by atoms with Crippen LogP contribution in [0.5, 0.6) is 5.75 Å². The maximum Gasteiger partial charge on any atom is 0.243 e. The third-order valence-electron chi connectivity index (χ3n) is 4.55. The number of nitrogens with one attached hydrogen (secondary N) is 2. The van der Waals surface area contributed by atoms with Gasteiger partial charge in [0.05, 0.1) is 12.6 Å². The number of phenolic OH excluding ortho intramolecular Hbond substituents is 1. The van der Waals surface area contributed by atoms with Gasteiger partial charge in [0.15, 0.2) is 0 Å². The topological polar surface area (TPSA) is 104 Å². The third kappa shape index (κ3) is 6.66. The smallest absolute Gasteiger partial charge is 0.243 e. The number of aryl methyl sites for hydroxylation is 2. The molecule has 2 rings (SSSR count). The SMILES string of the molecule is Cc1cc(O)cc(C)c1CC(N)C(=O)N[C@H](C)C(=O)NCC#Cc1ccccc1. The Bertz CT molecular complexity index is 906. The van der Waals surface area contributed by atoms with Crippen molar-refractivity contribution in [3.8, 4) is 17.6 Å². The molecule has 0 radical (unpaired) electrons. The molecule has 0 fully saturated rings. The molecule has 0 aliphatic heterocycles. The molecule has 6 heteroatoms. The fourth-order valence-corrected chi connectivity index (χ4v) is 2.94. The molecule has 0 aromatic heterocycles. The van der Waals surface area contributed by atoms with Gasteiger partial charge in [-0.1, -0.05) is 30.0 Å². The third-order valence-corrected chi connectivity index (χ3v) is 4.55. The van der Waals surface area contributed by atoms with Gasteiger partial charge in [0.2, 0.25) is 11.8 Å². The highest BCUT2D eigenvalue weighted by Crippen LogP contribution is 2.21. The number of nitrogens with two attached hydrogens (primary N) is 1. The van der Waals surface area contributed by atoms with Crippen LogP contribution >= 0.6 is 0 Å². The van der Waals surface area contributed by atoms with E-state index in [0.29, 0.717) is 6.42 Å². The number of hydrogen-bond donors (Lipinski definition) is 4. The normalized spacial score (nSPS) is 12.3. The summed E-state index contributed by atoms with van der Waals surface area (Å²) in [6, 6.07) is 11.2. The van der Waals surface area contributed by atoms with Crippen molar-refractivity contribution in [3.05, 3.63) is 64.7 Å². The molecular weight excluding hydrogens is 366 g/mol. The highest BCUT2D eigenvalue weighted by atomic mass is 16.3. The van der Waals surface area contributed by atoms with E-state index in [9.17, 15) is 14.7 Å². The number of amides is 2. The first-order chi connectivity index (χ1) is 13.8. The number of carbonyl (C=O) groups is 2. The second kappa shape index (κ2) is 10.3. The van der Waals surface area contributed by atoms with Crippen LogP contribution < -0.4 is 16.4 Å². The molecule has 0 spiro atoms. The van der Waals surface area contributed by atoms with Crippen LogP contribution in [0.2, 0.25) is 0 Å². The van der Waals surface area contributed by atoms with Crippen molar-refractivity contribution < 1.29 is 14.7 Å². The van der Waals surface area contributed by atoms with Crippen LogP contribution in [-0.2, 0) is 16.0 Å². The van der Waals surface area contributed by atoms with Crippen LogP contribution in [-0.4, -0.2) is 35.5 Å². The second-order valence-electron chi connectivity index (χ2n) is 6.98. The molecule has 5 N–H and O–H groups in total. The molecule has 1 unspecified atom stereocenters. The fourth-order valence-electron chi connectivity index (χ4n) is 2.94. The Labute approximate surface area is 171 Å². The van der Waals surface area contributed by atoms with E-state index in [1.165, 1.54) is 0 Å². The van der Waals surface area contributed by atoms with Crippen molar-refractivity contribution >= 4 is 11.8 Å². The van der Waals surface area contributed by atoms with E-state index >= 15 is 0 Å². The minimum atomic E-state index is -0.801. The lowest BCUT2D eigenvalue weighted by molar-refractivity contribution is -0.129. The van der Waals surface area contributed by atoms with E-state index in [-0.39, 0.29) is 18.2 Å². The van der Waals surface area contributed by atoms with Gasteiger partial charge >= 0.3 is 0 Å². The van der Waals surface area contributed by atoms with Crippen LogP contribution in [0, 0.1) is 25.7 Å². The van der Waals surface area contributed by atoms with Crippen LogP contribution in [0.4, 0.5) is 0 Å². The van der Waals surface area contributed by atoms with Gasteiger partial charge in [0, 0.05) is 5.56 Å². The maximum absolute atomic E-state index is 12.4. The molecule has 152 valence electrons. The predicted octanol–water partition coefficient (Wildman–Crippen LogP) is 1.55. The molecule has 6 nitrogen and oxygen atoms in total. The van der Waals surface area contributed by atoms with E-state index in [0.717, 1.165) is 22.3 Å². The molecule has 2 aromatic rings. The standard InChI is InChI=1S/C23H27N3O3/c1-15-12-19(27)13-16(2)20(15)14-21(24)23(29)26-17(3)22(28)25-11-7-10-18-8-5-4-6-9-18/h4-6,8-9,12-13,17,21,27H,11,14,24H2,1-3H3,(H,25,28)(H,26,29)/t17-,21?/m1/s1. The summed E-state index contributed by atoms with van der Waals surface area (Å²) in [4.78, 5) is 24.5. The number of carbonyl (C=O) groups excluding carboxylic acids is 2. The van der Waals surface area contributed by atoms with Crippen molar-refractivity contribution in [2.75, 3.05) is 6.54 Å². The van der Waals surface area contributed by atoms with Crippen molar-refractivity contribution in [3.63, 3.8) is 0 Å². The van der Waals surface area contributed by atoms with Crippen LogP contribution in [0.3, 0.4) is 0 Å². The number of benzene rings is 2. The fraction of sp³-hybridized carbons (Fsp3) is 0.304. The predicted molar refractivity (Wildman–Crippen MR) is 113 cm³/mol.